The van der Waals surface area contributed by atoms with Gasteiger partial charge in [-0.15, -0.1) is 0 Å². The molecule has 0 bridgehead atoms. The second kappa shape index (κ2) is 8.22. The first-order valence-electron chi connectivity index (χ1n) is 10.1. The molecule has 7 nitrogen and oxygen atoms in total. The normalized spacial score (nSPS) is 19.8. The molecule has 0 saturated carbocycles. The summed E-state index contributed by atoms with van der Waals surface area (Å²) in [4.78, 5) is 55.0. The van der Waals surface area contributed by atoms with E-state index in [2.05, 4.69) is 0 Å². The molecule has 2 amide bonds. The number of fused-ring (bicyclic) bond motifs is 3. The second-order valence-corrected chi connectivity index (χ2v) is 8.80. The van der Waals surface area contributed by atoms with Crippen LogP contribution in [-0.2, 0) is 14.3 Å². The van der Waals surface area contributed by atoms with Gasteiger partial charge < -0.3 is 9.64 Å². The molecule has 1 unspecified atom stereocenters. The van der Waals surface area contributed by atoms with Crippen molar-refractivity contribution in [3.05, 3.63) is 63.6 Å². The van der Waals surface area contributed by atoms with E-state index in [0.29, 0.717) is 16.3 Å². The fourth-order valence-electron chi connectivity index (χ4n) is 4.41. The first-order chi connectivity index (χ1) is 15.2. The predicted molar refractivity (Wildman–Crippen MR) is 119 cm³/mol. The molecule has 1 atom stereocenters. The number of ketones is 1. The molecule has 4 rings (SSSR count). The highest BCUT2D eigenvalue weighted by molar-refractivity contribution is 6.36. The van der Waals surface area contributed by atoms with Gasteiger partial charge in [0.2, 0.25) is 17.4 Å². The summed E-state index contributed by atoms with van der Waals surface area (Å²) >= 11 is 12.0. The molecule has 1 saturated heterocycles. The van der Waals surface area contributed by atoms with Crippen LogP contribution in [0.15, 0.2) is 42.5 Å². The number of halogens is 2. The van der Waals surface area contributed by atoms with Crippen LogP contribution in [0.25, 0.3) is 0 Å². The number of anilines is 1. The van der Waals surface area contributed by atoms with E-state index in [1.165, 1.54) is 28.0 Å². The quantitative estimate of drug-likeness (QED) is 0.480. The molecule has 166 valence electrons. The SMILES string of the molecule is CC(C)N1C(=O)c2ccccc2N2C(=O)CCC21C(=O)OCC(=O)c1ccc(Cl)cc1Cl. The number of rotatable bonds is 5. The monoisotopic (exact) mass is 474 g/mol. The van der Waals surface area contributed by atoms with E-state index in [1.807, 2.05) is 0 Å². The lowest BCUT2D eigenvalue weighted by atomic mass is 9.95. The van der Waals surface area contributed by atoms with Crippen LogP contribution in [0.2, 0.25) is 10.0 Å². The maximum Gasteiger partial charge on any atom is 0.354 e. The molecule has 0 radical (unpaired) electrons. The molecule has 2 aromatic rings. The Morgan fingerprint density at radius 1 is 1.12 bits per heavy atom. The smallest absolute Gasteiger partial charge is 0.354 e. The van der Waals surface area contributed by atoms with Crippen LogP contribution in [0.1, 0.15) is 47.4 Å². The van der Waals surface area contributed by atoms with Crippen molar-refractivity contribution in [3.63, 3.8) is 0 Å². The Hall–Kier alpha value is -2.90. The van der Waals surface area contributed by atoms with Gasteiger partial charge in [0.15, 0.2) is 6.61 Å². The summed E-state index contributed by atoms with van der Waals surface area (Å²) in [5.41, 5.74) is -0.794. The molecule has 2 heterocycles. The third kappa shape index (κ3) is 3.36. The number of para-hydroxylation sites is 1. The number of hydrogen-bond donors (Lipinski definition) is 0. The summed E-state index contributed by atoms with van der Waals surface area (Å²) in [6.07, 6.45) is 0.135. The van der Waals surface area contributed by atoms with Crippen molar-refractivity contribution in [2.75, 3.05) is 11.5 Å². The van der Waals surface area contributed by atoms with Gasteiger partial charge in [0.25, 0.3) is 5.91 Å². The number of benzene rings is 2. The maximum atomic E-state index is 13.5. The van der Waals surface area contributed by atoms with Crippen molar-refractivity contribution >= 4 is 52.5 Å². The number of esters is 1. The van der Waals surface area contributed by atoms with E-state index in [0.717, 1.165) is 0 Å². The van der Waals surface area contributed by atoms with E-state index in [-0.39, 0.29) is 35.2 Å². The van der Waals surface area contributed by atoms with Gasteiger partial charge in [-0.25, -0.2) is 4.79 Å². The molecular formula is C23H20Cl2N2O5. The molecular weight excluding hydrogens is 455 g/mol. The van der Waals surface area contributed by atoms with Gasteiger partial charge in [-0.3, -0.25) is 19.3 Å². The minimum Gasteiger partial charge on any atom is -0.454 e. The number of ether oxygens (including phenoxy) is 1. The third-order valence-corrected chi connectivity index (χ3v) is 6.26. The highest BCUT2D eigenvalue weighted by Gasteiger charge is 2.62. The lowest BCUT2D eigenvalue weighted by Crippen LogP contribution is -2.70. The van der Waals surface area contributed by atoms with Gasteiger partial charge in [-0.2, -0.15) is 0 Å². The molecule has 0 aromatic heterocycles. The molecule has 0 aliphatic carbocycles. The minimum atomic E-state index is -1.65. The topological polar surface area (TPSA) is 84.0 Å². The summed E-state index contributed by atoms with van der Waals surface area (Å²) in [7, 11) is 0. The van der Waals surface area contributed by atoms with Crippen LogP contribution < -0.4 is 4.90 Å². The molecule has 0 spiro atoms. The summed E-state index contributed by atoms with van der Waals surface area (Å²) in [6, 6.07) is 10.6. The number of hydrogen-bond acceptors (Lipinski definition) is 5. The van der Waals surface area contributed by atoms with Gasteiger partial charge in [0, 0.05) is 29.5 Å². The summed E-state index contributed by atoms with van der Waals surface area (Å²) in [5.74, 6) is -2.02. The highest BCUT2D eigenvalue weighted by Crippen LogP contribution is 2.46. The van der Waals surface area contributed by atoms with Crippen molar-refractivity contribution in [2.45, 2.75) is 38.4 Å². The van der Waals surface area contributed by atoms with Crippen molar-refractivity contribution < 1.29 is 23.9 Å². The van der Waals surface area contributed by atoms with Crippen LogP contribution in [0, 0.1) is 0 Å². The van der Waals surface area contributed by atoms with E-state index >= 15 is 0 Å². The van der Waals surface area contributed by atoms with E-state index in [9.17, 15) is 19.2 Å². The number of carbonyl (C=O) groups is 4. The zero-order valence-electron chi connectivity index (χ0n) is 17.4. The molecule has 2 aliphatic rings. The van der Waals surface area contributed by atoms with Crippen molar-refractivity contribution in [1.29, 1.82) is 0 Å². The average Bonchev–Trinajstić information content (AvgIpc) is 3.09. The molecule has 1 fully saturated rings. The van der Waals surface area contributed by atoms with Gasteiger partial charge in [-0.1, -0.05) is 35.3 Å². The maximum absolute atomic E-state index is 13.5. The Labute approximate surface area is 194 Å². The van der Waals surface area contributed by atoms with E-state index < -0.39 is 30.1 Å². The molecule has 2 aliphatic heterocycles. The fourth-order valence-corrected chi connectivity index (χ4v) is 4.93. The first kappa shape index (κ1) is 22.3. The highest BCUT2D eigenvalue weighted by atomic mass is 35.5. The Kier molecular flexibility index (Phi) is 5.73. The summed E-state index contributed by atoms with van der Waals surface area (Å²) < 4.78 is 5.41. The van der Waals surface area contributed by atoms with Crippen LogP contribution in [-0.4, -0.2) is 46.8 Å². The number of amides is 2. The van der Waals surface area contributed by atoms with Crippen molar-refractivity contribution in [2.24, 2.45) is 0 Å². The van der Waals surface area contributed by atoms with Gasteiger partial charge in [0.05, 0.1) is 16.3 Å². The molecule has 9 heteroatoms. The van der Waals surface area contributed by atoms with Crippen molar-refractivity contribution in [3.8, 4) is 0 Å². The van der Waals surface area contributed by atoms with Gasteiger partial charge in [0.1, 0.15) is 0 Å². The lowest BCUT2D eigenvalue weighted by Gasteiger charge is -2.50. The lowest BCUT2D eigenvalue weighted by molar-refractivity contribution is -0.157. The zero-order chi connectivity index (χ0) is 23.2. The molecule has 32 heavy (non-hydrogen) atoms. The number of carbonyl (C=O) groups excluding carboxylic acids is 4. The largest absolute Gasteiger partial charge is 0.454 e. The summed E-state index contributed by atoms with van der Waals surface area (Å²) in [6.45, 7) is 2.94. The van der Waals surface area contributed by atoms with Crippen LogP contribution >= 0.6 is 23.2 Å². The van der Waals surface area contributed by atoms with Crippen LogP contribution in [0.5, 0.6) is 0 Å². The third-order valence-electron chi connectivity index (χ3n) is 5.71. The standard InChI is InChI=1S/C23H20Cl2N2O5/c1-13(2)26-21(30)16-5-3-4-6-18(16)27-20(29)9-10-23(26,27)22(31)32-12-19(28)15-8-7-14(24)11-17(15)25/h3-8,11,13H,9-10,12H2,1-2H3. The molecule has 2 aromatic carbocycles. The second-order valence-electron chi connectivity index (χ2n) is 7.96. The van der Waals surface area contributed by atoms with Gasteiger partial charge in [-0.05, 0) is 44.2 Å². The van der Waals surface area contributed by atoms with Gasteiger partial charge >= 0.3 is 5.97 Å². The fraction of sp³-hybridized carbons (Fsp3) is 0.304. The minimum absolute atomic E-state index is 0.0664. The Morgan fingerprint density at radius 2 is 1.84 bits per heavy atom. The van der Waals surface area contributed by atoms with Crippen LogP contribution in [0.3, 0.4) is 0 Å². The number of nitrogens with zero attached hydrogens (tertiary/aromatic N) is 2. The van der Waals surface area contributed by atoms with Crippen LogP contribution in [0.4, 0.5) is 5.69 Å². The van der Waals surface area contributed by atoms with Crippen molar-refractivity contribution in [1.82, 2.24) is 4.90 Å². The summed E-state index contributed by atoms with van der Waals surface area (Å²) in [5, 5.41) is 0.509. The molecule has 0 N–H and O–H groups in total. The average molecular weight is 475 g/mol. The Balaban J connectivity index is 1.69. The zero-order valence-corrected chi connectivity index (χ0v) is 18.9. The predicted octanol–water partition coefficient (Wildman–Crippen LogP) is 4.11. The van der Waals surface area contributed by atoms with E-state index in [4.69, 9.17) is 27.9 Å². The first-order valence-corrected chi connectivity index (χ1v) is 10.9. The Bertz CT molecular complexity index is 1150. The number of Topliss-reactive ketones (excluding diaryl/α,β-unsaturated/α-hetero) is 1. The Morgan fingerprint density at radius 3 is 2.53 bits per heavy atom. The van der Waals surface area contributed by atoms with E-state index in [1.54, 1.807) is 38.1 Å².